The summed E-state index contributed by atoms with van der Waals surface area (Å²) < 4.78 is 30.1. The highest BCUT2D eigenvalue weighted by atomic mass is 35.5. The third kappa shape index (κ3) is 7.26. The van der Waals surface area contributed by atoms with Gasteiger partial charge in [0.25, 0.3) is 5.91 Å². The lowest BCUT2D eigenvalue weighted by atomic mass is 9.96. The Balaban J connectivity index is 1.66. The first-order valence-corrected chi connectivity index (χ1v) is 13.5. The molecule has 1 fully saturated rings. The number of piperazine rings is 1. The van der Waals surface area contributed by atoms with Crippen LogP contribution in [0.25, 0.3) is 11.3 Å². The molecule has 2 amide bonds. The van der Waals surface area contributed by atoms with Gasteiger partial charge in [-0.15, -0.1) is 0 Å². The lowest BCUT2D eigenvalue weighted by molar-refractivity contribution is -0.125. The van der Waals surface area contributed by atoms with E-state index in [1.165, 1.54) is 44.6 Å². The number of ether oxygens (including phenoxy) is 3. The molecule has 42 heavy (non-hydrogen) atoms. The number of methoxy groups -OCH3 is 2. The fraction of sp³-hybridized carbons (Fsp3) is 0.345. The molecule has 224 valence electrons. The first-order valence-electron chi connectivity index (χ1n) is 13.1. The molecule has 2 heterocycles. The van der Waals surface area contributed by atoms with Gasteiger partial charge in [0.05, 0.1) is 44.6 Å². The van der Waals surface area contributed by atoms with Crippen molar-refractivity contribution in [2.24, 2.45) is 0 Å². The monoisotopic (exact) mass is 602 g/mol. The molecule has 1 unspecified atom stereocenters. The number of hydrogen-bond acceptors (Lipinski definition) is 9. The van der Waals surface area contributed by atoms with Gasteiger partial charge in [0.1, 0.15) is 29.5 Å². The number of hydrogen-bond donors (Lipinski definition) is 4. The molecule has 0 spiro atoms. The lowest BCUT2D eigenvalue weighted by Gasteiger charge is -2.36. The second-order valence-corrected chi connectivity index (χ2v) is 10.00. The zero-order chi connectivity index (χ0) is 30.3. The number of aliphatic hydroxyl groups is 2. The normalized spacial score (nSPS) is 15.0. The lowest BCUT2D eigenvalue weighted by Crippen LogP contribution is -2.55. The van der Waals surface area contributed by atoms with Gasteiger partial charge in [-0.2, -0.15) is 0 Å². The molecule has 4 rings (SSSR count). The van der Waals surface area contributed by atoms with Crippen molar-refractivity contribution in [2.45, 2.75) is 5.60 Å². The maximum atomic E-state index is 13.9. The maximum absolute atomic E-state index is 13.9. The van der Waals surface area contributed by atoms with Crippen LogP contribution in [0.5, 0.6) is 17.2 Å². The van der Waals surface area contributed by atoms with Crippen molar-refractivity contribution < 1.29 is 38.4 Å². The molecule has 2 aromatic carbocycles. The Labute approximate surface area is 247 Å². The minimum absolute atomic E-state index is 0.0269. The van der Waals surface area contributed by atoms with Gasteiger partial charge < -0.3 is 35.1 Å². The Morgan fingerprint density at radius 2 is 1.90 bits per heavy atom. The van der Waals surface area contributed by atoms with Gasteiger partial charge in [-0.1, -0.05) is 11.6 Å². The minimum Gasteiger partial charge on any atom is -0.494 e. The fourth-order valence-electron chi connectivity index (χ4n) is 4.56. The second-order valence-electron chi connectivity index (χ2n) is 9.59. The van der Waals surface area contributed by atoms with Crippen LogP contribution in [0.4, 0.5) is 4.39 Å². The van der Waals surface area contributed by atoms with E-state index in [0.29, 0.717) is 41.6 Å². The van der Waals surface area contributed by atoms with E-state index in [1.54, 1.807) is 23.1 Å². The van der Waals surface area contributed by atoms with Crippen LogP contribution in [0.3, 0.4) is 0 Å². The number of aromatic nitrogens is 1. The SMILES string of the molecule is COc1cc(C(=O)NCC(O)(CN2CCNC(=O)C2)c2ccc(OC)c(-c3ccc(F)c(Cl)c3)n2)ccc1OCCO. The fourth-order valence-corrected chi connectivity index (χ4v) is 4.74. The number of aliphatic hydroxyl groups excluding tert-OH is 1. The van der Waals surface area contributed by atoms with Crippen LogP contribution in [0, 0.1) is 5.82 Å². The summed E-state index contributed by atoms with van der Waals surface area (Å²) in [6.07, 6.45) is 0. The Kier molecular flexibility index (Phi) is 10.2. The summed E-state index contributed by atoms with van der Waals surface area (Å²) in [5.74, 6) is -0.268. The molecule has 0 aliphatic carbocycles. The smallest absolute Gasteiger partial charge is 0.251 e. The zero-order valence-electron chi connectivity index (χ0n) is 23.2. The van der Waals surface area contributed by atoms with Crippen molar-refractivity contribution in [1.82, 2.24) is 20.5 Å². The number of β-amino-alcohol motifs (C(OH)–C–C–N with tert-alkyl or cyclic N) is 1. The summed E-state index contributed by atoms with van der Waals surface area (Å²) in [6, 6.07) is 11.8. The Morgan fingerprint density at radius 3 is 2.60 bits per heavy atom. The van der Waals surface area contributed by atoms with Gasteiger partial charge in [-0.05, 0) is 48.5 Å². The molecule has 0 bridgehead atoms. The summed E-state index contributed by atoms with van der Waals surface area (Å²) in [6.45, 7) is 0.521. The molecular formula is C29H32ClFN4O7. The highest BCUT2D eigenvalue weighted by molar-refractivity contribution is 6.31. The van der Waals surface area contributed by atoms with Gasteiger partial charge in [-0.25, -0.2) is 9.37 Å². The topological polar surface area (TPSA) is 142 Å². The summed E-state index contributed by atoms with van der Waals surface area (Å²) in [5.41, 5.74) is -0.560. The van der Waals surface area contributed by atoms with E-state index < -0.39 is 17.3 Å². The van der Waals surface area contributed by atoms with E-state index in [2.05, 4.69) is 15.6 Å². The molecular weight excluding hydrogens is 571 g/mol. The molecule has 1 atom stereocenters. The first-order chi connectivity index (χ1) is 20.2. The molecule has 3 aromatic rings. The van der Waals surface area contributed by atoms with Crippen LogP contribution in [-0.2, 0) is 10.4 Å². The summed E-state index contributed by atoms with van der Waals surface area (Å²) in [5, 5.41) is 26.5. The van der Waals surface area contributed by atoms with Gasteiger partial charge in [0.2, 0.25) is 5.91 Å². The van der Waals surface area contributed by atoms with Crippen molar-refractivity contribution in [3.8, 4) is 28.5 Å². The molecule has 0 radical (unpaired) electrons. The van der Waals surface area contributed by atoms with E-state index in [4.69, 9.17) is 30.9 Å². The predicted octanol–water partition coefficient (Wildman–Crippen LogP) is 1.98. The predicted molar refractivity (Wildman–Crippen MR) is 152 cm³/mol. The number of nitrogens with one attached hydrogen (secondary N) is 2. The molecule has 1 saturated heterocycles. The van der Waals surface area contributed by atoms with Crippen molar-refractivity contribution >= 4 is 23.4 Å². The number of benzene rings is 2. The quantitative estimate of drug-likeness (QED) is 0.245. The van der Waals surface area contributed by atoms with E-state index in [9.17, 15) is 19.1 Å². The van der Waals surface area contributed by atoms with Gasteiger partial charge in [-0.3, -0.25) is 14.5 Å². The van der Waals surface area contributed by atoms with Crippen molar-refractivity contribution in [2.75, 3.05) is 60.2 Å². The minimum atomic E-state index is -1.76. The van der Waals surface area contributed by atoms with Crippen molar-refractivity contribution in [3.05, 3.63) is 70.6 Å². The van der Waals surface area contributed by atoms with Crippen molar-refractivity contribution in [3.63, 3.8) is 0 Å². The highest BCUT2D eigenvalue weighted by Crippen LogP contribution is 2.34. The van der Waals surface area contributed by atoms with Crippen LogP contribution in [-0.4, -0.2) is 92.1 Å². The molecule has 1 aliphatic heterocycles. The number of nitrogens with zero attached hydrogens (tertiary/aromatic N) is 2. The average Bonchev–Trinajstić information content (AvgIpc) is 2.99. The number of amides is 2. The Bertz CT molecular complexity index is 1440. The van der Waals surface area contributed by atoms with Crippen molar-refractivity contribution in [1.29, 1.82) is 0 Å². The summed E-state index contributed by atoms with van der Waals surface area (Å²) >= 11 is 6.02. The van der Waals surface area contributed by atoms with E-state index in [0.717, 1.165) is 0 Å². The molecule has 13 heteroatoms. The Morgan fingerprint density at radius 1 is 1.14 bits per heavy atom. The van der Waals surface area contributed by atoms with E-state index in [-0.39, 0.29) is 55.0 Å². The number of rotatable bonds is 12. The molecule has 1 aliphatic rings. The van der Waals surface area contributed by atoms with Gasteiger partial charge >= 0.3 is 0 Å². The van der Waals surface area contributed by atoms with E-state index in [1.807, 2.05) is 0 Å². The Hall–Kier alpha value is -3.97. The standard InChI is InChI=1S/C29H32ClFN4O7/c1-40-23-7-8-25(34-27(23)18-3-5-21(31)20(30)13-18)29(39,17-35-10-9-32-26(37)15-35)16-33-28(38)19-4-6-22(42-12-11-36)24(14-19)41-2/h3-8,13-14,36,39H,9-12,15-17H2,1-2H3,(H,32,37)(H,33,38). The third-order valence-corrected chi connectivity index (χ3v) is 6.96. The third-order valence-electron chi connectivity index (χ3n) is 6.67. The average molecular weight is 603 g/mol. The molecule has 4 N–H and O–H groups in total. The van der Waals surface area contributed by atoms with Gasteiger partial charge in [0, 0.05) is 30.8 Å². The van der Waals surface area contributed by atoms with Crippen LogP contribution < -0.4 is 24.8 Å². The summed E-state index contributed by atoms with van der Waals surface area (Å²) in [4.78, 5) is 31.7. The zero-order valence-corrected chi connectivity index (χ0v) is 23.9. The summed E-state index contributed by atoms with van der Waals surface area (Å²) in [7, 11) is 2.88. The van der Waals surface area contributed by atoms with Crippen LogP contribution in [0.1, 0.15) is 16.1 Å². The molecule has 0 saturated carbocycles. The number of halogens is 2. The van der Waals surface area contributed by atoms with Crippen LogP contribution in [0.15, 0.2) is 48.5 Å². The number of pyridine rings is 1. The molecule has 1 aromatic heterocycles. The van der Waals surface area contributed by atoms with Gasteiger partial charge in [0.15, 0.2) is 11.5 Å². The number of carbonyl (C=O) groups is 2. The number of carbonyl (C=O) groups excluding carboxylic acids is 2. The molecule has 11 nitrogen and oxygen atoms in total. The van der Waals surface area contributed by atoms with Crippen LogP contribution in [0.2, 0.25) is 5.02 Å². The first kappa shape index (κ1) is 31.0. The largest absolute Gasteiger partial charge is 0.494 e. The van der Waals surface area contributed by atoms with Crippen LogP contribution >= 0.6 is 11.6 Å². The highest BCUT2D eigenvalue weighted by Gasteiger charge is 2.36. The second kappa shape index (κ2) is 13.8. The van der Waals surface area contributed by atoms with E-state index >= 15 is 0 Å². The maximum Gasteiger partial charge on any atom is 0.251 e.